The van der Waals surface area contributed by atoms with E-state index < -0.39 is 23.6 Å². The smallest absolute Gasteiger partial charge is 0.417 e. The lowest BCUT2D eigenvalue weighted by atomic mass is 9.85. The number of hydrogen-bond acceptors (Lipinski definition) is 5. The van der Waals surface area contributed by atoms with Crippen molar-refractivity contribution in [3.63, 3.8) is 0 Å². The van der Waals surface area contributed by atoms with Gasteiger partial charge in [0.15, 0.2) is 0 Å². The van der Waals surface area contributed by atoms with Crippen LogP contribution in [0.2, 0.25) is 0 Å². The number of carbonyl (C=O) groups is 2. The molecule has 0 aromatic carbocycles. The first kappa shape index (κ1) is 17.2. The lowest BCUT2D eigenvalue weighted by Crippen LogP contribution is -2.47. The molecule has 2 rings (SSSR count). The molecule has 126 valence electrons. The first-order valence-electron chi connectivity index (χ1n) is 7.80. The molecule has 7 heteroatoms. The number of aliphatic carboxylic acids is 1. The topological polar surface area (TPSA) is 92.6 Å². The summed E-state index contributed by atoms with van der Waals surface area (Å²) < 4.78 is 5.46. The molecule has 7 nitrogen and oxygen atoms in total. The molecule has 1 aliphatic carbocycles. The fraction of sp³-hybridized carbons (Fsp3) is 0.625. The maximum atomic E-state index is 12.6. The minimum Gasteiger partial charge on any atom is -0.481 e. The van der Waals surface area contributed by atoms with Crippen LogP contribution in [0.25, 0.3) is 0 Å². The van der Waals surface area contributed by atoms with Crippen LogP contribution in [0.4, 0.5) is 10.7 Å². The lowest BCUT2D eigenvalue weighted by Gasteiger charge is -2.35. The Morgan fingerprint density at radius 3 is 2.48 bits per heavy atom. The van der Waals surface area contributed by atoms with E-state index in [0.717, 1.165) is 6.42 Å². The average molecular weight is 321 g/mol. The Morgan fingerprint density at radius 2 is 1.91 bits per heavy atom. The van der Waals surface area contributed by atoms with E-state index in [0.29, 0.717) is 19.3 Å². The zero-order valence-electron chi connectivity index (χ0n) is 13.7. The highest BCUT2D eigenvalue weighted by atomic mass is 16.6. The number of aromatic nitrogens is 2. The first-order valence-corrected chi connectivity index (χ1v) is 7.80. The number of ether oxygens (including phenoxy) is 1. The van der Waals surface area contributed by atoms with Crippen LogP contribution in [0.1, 0.15) is 46.5 Å². The van der Waals surface area contributed by atoms with Gasteiger partial charge >= 0.3 is 12.1 Å². The molecule has 0 spiro atoms. The minimum atomic E-state index is -0.826. The van der Waals surface area contributed by atoms with Gasteiger partial charge in [-0.25, -0.2) is 19.7 Å². The van der Waals surface area contributed by atoms with Crippen molar-refractivity contribution in [2.45, 2.75) is 58.1 Å². The van der Waals surface area contributed by atoms with Gasteiger partial charge in [-0.2, -0.15) is 0 Å². The number of hydrogen-bond donors (Lipinski definition) is 1. The molecule has 0 bridgehead atoms. The first-order chi connectivity index (χ1) is 10.8. The quantitative estimate of drug-likeness (QED) is 0.920. The SMILES string of the molecule is CC(C)(C)OC(=O)N(c1ncccn1)[C@@H]1CCC[C@H](C(=O)O)C1. The molecule has 1 saturated carbocycles. The van der Waals surface area contributed by atoms with E-state index in [2.05, 4.69) is 9.97 Å². The normalized spacial score (nSPS) is 21.5. The third kappa shape index (κ3) is 4.64. The summed E-state index contributed by atoms with van der Waals surface area (Å²) in [6, 6.07) is 1.39. The standard InChI is InChI=1S/C16H23N3O4/c1-16(2,3)23-15(22)19(14-17-8-5-9-18-14)12-7-4-6-11(10-12)13(20)21/h5,8-9,11-12H,4,6-7,10H2,1-3H3,(H,20,21)/t11-,12+/m0/s1. The number of amides is 1. The van der Waals surface area contributed by atoms with Crippen LogP contribution >= 0.6 is 0 Å². The number of anilines is 1. The molecule has 1 N–H and O–H groups in total. The van der Waals surface area contributed by atoms with E-state index >= 15 is 0 Å². The second-order valence-corrected chi connectivity index (χ2v) is 6.75. The molecule has 1 amide bonds. The average Bonchev–Trinajstić information content (AvgIpc) is 2.47. The molecule has 1 fully saturated rings. The predicted octanol–water partition coefficient (Wildman–Crippen LogP) is 2.86. The van der Waals surface area contributed by atoms with E-state index in [9.17, 15) is 14.7 Å². The van der Waals surface area contributed by atoms with Crippen LogP contribution in [0.5, 0.6) is 0 Å². The van der Waals surface area contributed by atoms with Crippen LogP contribution in [-0.2, 0) is 9.53 Å². The third-order valence-corrected chi connectivity index (χ3v) is 3.72. The van der Waals surface area contributed by atoms with Crippen molar-refractivity contribution in [1.82, 2.24) is 9.97 Å². The van der Waals surface area contributed by atoms with Gasteiger partial charge in [0.25, 0.3) is 0 Å². The number of nitrogens with zero attached hydrogens (tertiary/aromatic N) is 3. The number of carboxylic acids is 1. The fourth-order valence-electron chi connectivity index (χ4n) is 2.74. The summed E-state index contributed by atoms with van der Waals surface area (Å²) in [6.07, 6.45) is 5.03. The third-order valence-electron chi connectivity index (χ3n) is 3.72. The number of carbonyl (C=O) groups excluding carboxylic acids is 1. The van der Waals surface area contributed by atoms with Gasteiger partial charge in [0.2, 0.25) is 5.95 Å². The van der Waals surface area contributed by atoms with Crippen LogP contribution in [0.3, 0.4) is 0 Å². The van der Waals surface area contributed by atoms with Crippen molar-refractivity contribution in [2.75, 3.05) is 4.90 Å². The molecule has 1 heterocycles. The molecule has 23 heavy (non-hydrogen) atoms. The monoisotopic (exact) mass is 321 g/mol. The molecular weight excluding hydrogens is 298 g/mol. The Bertz CT molecular complexity index is 556. The van der Waals surface area contributed by atoms with E-state index in [1.54, 1.807) is 39.2 Å². The highest BCUT2D eigenvalue weighted by molar-refractivity contribution is 5.86. The van der Waals surface area contributed by atoms with Gasteiger partial charge in [-0.15, -0.1) is 0 Å². The van der Waals surface area contributed by atoms with Gasteiger partial charge in [-0.3, -0.25) is 4.79 Å². The largest absolute Gasteiger partial charge is 0.481 e. The van der Waals surface area contributed by atoms with E-state index in [1.165, 1.54) is 4.90 Å². The molecule has 0 unspecified atom stereocenters. The number of carboxylic acid groups (broad SMARTS) is 1. The predicted molar refractivity (Wildman–Crippen MR) is 84.1 cm³/mol. The Morgan fingerprint density at radius 1 is 1.26 bits per heavy atom. The molecule has 0 aliphatic heterocycles. The summed E-state index contributed by atoms with van der Waals surface area (Å²) in [5.74, 6) is -1.03. The molecule has 0 saturated heterocycles. The Labute approximate surface area is 135 Å². The van der Waals surface area contributed by atoms with Gasteiger partial charge in [-0.05, 0) is 46.1 Å². The fourth-order valence-corrected chi connectivity index (χ4v) is 2.74. The Balaban J connectivity index is 2.26. The van der Waals surface area contributed by atoms with E-state index in [-0.39, 0.29) is 12.0 Å². The van der Waals surface area contributed by atoms with Crippen LogP contribution in [-0.4, -0.2) is 38.8 Å². The van der Waals surface area contributed by atoms with Crippen molar-refractivity contribution < 1.29 is 19.4 Å². The summed E-state index contributed by atoms with van der Waals surface area (Å²) in [4.78, 5) is 33.6. The lowest BCUT2D eigenvalue weighted by molar-refractivity contribution is -0.143. The molecule has 2 atom stereocenters. The van der Waals surface area contributed by atoms with Gasteiger partial charge < -0.3 is 9.84 Å². The second-order valence-electron chi connectivity index (χ2n) is 6.75. The van der Waals surface area contributed by atoms with Crippen molar-refractivity contribution in [3.8, 4) is 0 Å². The van der Waals surface area contributed by atoms with Gasteiger partial charge in [0.1, 0.15) is 5.60 Å². The van der Waals surface area contributed by atoms with Crippen molar-refractivity contribution >= 4 is 18.0 Å². The van der Waals surface area contributed by atoms with Crippen molar-refractivity contribution in [2.24, 2.45) is 5.92 Å². The highest BCUT2D eigenvalue weighted by Gasteiger charge is 2.36. The zero-order valence-corrected chi connectivity index (χ0v) is 13.7. The van der Waals surface area contributed by atoms with Crippen LogP contribution < -0.4 is 4.90 Å². The second kappa shape index (κ2) is 6.93. The zero-order chi connectivity index (χ0) is 17.0. The molecular formula is C16H23N3O4. The minimum absolute atomic E-state index is 0.248. The van der Waals surface area contributed by atoms with E-state index in [4.69, 9.17) is 4.74 Å². The summed E-state index contributed by atoms with van der Waals surface area (Å²) in [7, 11) is 0. The Kier molecular flexibility index (Phi) is 5.18. The summed E-state index contributed by atoms with van der Waals surface area (Å²) in [5, 5.41) is 9.27. The Hall–Kier alpha value is -2.18. The summed E-state index contributed by atoms with van der Waals surface area (Å²) in [6.45, 7) is 5.36. The van der Waals surface area contributed by atoms with Crippen LogP contribution in [0.15, 0.2) is 18.5 Å². The van der Waals surface area contributed by atoms with E-state index in [1.807, 2.05) is 0 Å². The van der Waals surface area contributed by atoms with Gasteiger partial charge in [0, 0.05) is 18.4 Å². The van der Waals surface area contributed by atoms with Crippen molar-refractivity contribution in [1.29, 1.82) is 0 Å². The molecule has 0 radical (unpaired) electrons. The maximum absolute atomic E-state index is 12.6. The molecule has 1 aromatic rings. The highest BCUT2D eigenvalue weighted by Crippen LogP contribution is 2.30. The maximum Gasteiger partial charge on any atom is 0.417 e. The summed E-state index contributed by atoms with van der Waals surface area (Å²) in [5.41, 5.74) is -0.648. The van der Waals surface area contributed by atoms with Gasteiger partial charge in [0.05, 0.1) is 5.92 Å². The van der Waals surface area contributed by atoms with Gasteiger partial charge in [-0.1, -0.05) is 6.42 Å². The van der Waals surface area contributed by atoms with Crippen molar-refractivity contribution in [3.05, 3.63) is 18.5 Å². The molecule has 1 aliphatic rings. The number of rotatable bonds is 3. The summed E-state index contributed by atoms with van der Waals surface area (Å²) >= 11 is 0. The van der Waals surface area contributed by atoms with Crippen LogP contribution in [0, 0.1) is 5.92 Å². The molecule has 1 aromatic heterocycles.